The molecule has 5 aromatic rings. The molecular weight excluding hydrogens is 930 g/mol. The van der Waals surface area contributed by atoms with Crippen LogP contribution in [0, 0.1) is 18.8 Å². The van der Waals surface area contributed by atoms with Crippen LogP contribution in [0.4, 0.5) is 26.5 Å². The Labute approximate surface area is 416 Å². The van der Waals surface area contributed by atoms with Crippen molar-refractivity contribution in [1.29, 1.82) is 0 Å². The topological polar surface area (TPSA) is 220 Å². The molecule has 4 saturated heterocycles. The van der Waals surface area contributed by atoms with Crippen LogP contribution in [0.1, 0.15) is 75.4 Å². The van der Waals surface area contributed by atoms with Gasteiger partial charge in [0.2, 0.25) is 11.8 Å². The predicted octanol–water partition coefficient (Wildman–Crippen LogP) is 6.02. The molecule has 6 atom stereocenters. The summed E-state index contributed by atoms with van der Waals surface area (Å²) in [7, 11) is 0. The highest BCUT2D eigenvalue weighted by Gasteiger charge is 2.44. The van der Waals surface area contributed by atoms with Crippen LogP contribution in [-0.4, -0.2) is 153 Å². The summed E-state index contributed by atoms with van der Waals surface area (Å²) in [5, 5.41) is 36.8. The second-order valence-electron chi connectivity index (χ2n) is 19.7. The van der Waals surface area contributed by atoms with Gasteiger partial charge < -0.3 is 50.1 Å². The number of para-hydroxylation sites is 1. The number of carbonyl (C=O) groups is 3. The Hall–Kier alpha value is -6.38. The van der Waals surface area contributed by atoms with E-state index in [1.807, 2.05) is 68.4 Å². The number of anilines is 3. The Kier molecular flexibility index (Phi) is 15.0. The summed E-state index contributed by atoms with van der Waals surface area (Å²) < 4.78 is 27.3. The fourth-order valence-electron chi connectivity index (χ4n) is 10.4. The van der Waals surface area contributed by atoms with Crippen LogP contribution < -0.4 is 20.9 Å². The van der Waals surface area contributed by atoms with E-state index >= 15 is 4.39 Å². The molecule has 7 heterocycles. The molecule has 0 radical (unpaired) electrons. The number of aromatic nitrogens is 4. The van der Waals surface area contributed by atoms with Gasteiger partial charge in [0.1, 0.15) is 30.0 Å². The lowest BCUT2D eigenvalue weighted by Gasteiger charge is -2.40. The number of phenolic OH excluding ortho intramolecular Hbond substituents is 1. The van der Waals surface area contributed by atoms with E-state index in [4.69, 9.17) is 15.0 Å². The van der Waals surface area contributed by atoms with E-state index in [1.54, 1.807) is 46.6 Å². The van der Waals surface area contributed by atoms with E-state index in [-0.39, 0.29) is 54.9 Å². The van der Waals surface area contributed by atoms with Gasteiger partial charge >= 0.3 is 6.09 Å². The van der Waals surface area contributed by atoms with Crippen LogP contribution in [0.15, 0.2) is 70.7 Å². The quantitative estimate of drug-likeness (QED) is 0.106. The second-order valence-corrected chi connectivity index (χ2v) is 20.6. The van der Waals surface area contributed by atoms with Crippen molar-refractivity contribution in [1.82, 2.24) is 40.4 Å². The lowest BCUT2D eigenvalue weighted by atomic mass is 9.91. The number of nitrogens with one attached hydrogen (secondary N) is 1. The zero-order chi connectivity index (χ0) is 49.9. The average Bonchev–Trinajstić information content (AvgIpc) is 4.13. The number of alkyl halides is 1. The van der Waals surface area contributed by atoms with E-state index in [1.165, 1.54) is 4.90 Å². The summed E-state index contributed by atoms with van der Waals surface area (Å²) in [4.78, 5) is 56.2. The predicted molar refractivity (Wildman–Crippen MR) is 268 cm³/mol. The number of likely N-dealkylation sites (tertiary alicyclic amines) is 2. The number of thiazole rings is 1. The van der Waals surface area contributed by atoms with Gasteiger partial charge in [-0.3, -0.25) is 14.5 Å². The van der Waals surface area contributed by atoms with Gasteiger partial charge in [-0.2, -0.15) is 0 Å². The van der Waals surface area contributed by atoms with Crippen LogP contribution in [0.3, 0.4) is 0 Å². The molecule has 9 rings (SSSR count). The van der Waals surface area contributed by atoms with Crippen molar-refractivity contribution in [3.8, 4) is 27.4 Å². The number of amides is 3. The number of phenols is 1. The minimum atomic E-state index is -1.31. The lowest BCUT2D eigenvalue weighted by Crippen LogP contribution is -2.52. The van der Waals surface area contributed by atoms with Crippen molar-refractivity contribution in [2.75, 3.05) is 81.0 Å². The maximum Gasteiger partial charge on any atom is 0.410 e. The van der Waals surface area contributed by atoms with Gasteiger partial charge in [0, 0.05) is 89.9 Å². The standard InChI is InChI=1S/C51H64FN11O7S/c1-30(2)46(50(67)63-27-36(64)23-41(63)49(66)55-31(3)34-9-11-35(12-10-34)47-32(4)54-29-71-47)44-25-45(58-70-44)61-17-13-33(14-18-61)26-59-16-15-43(38(52)28-59)69-51(68)62-21-19-60(20-22-62)40-24-39(56-57-48(40)53)37-7-5-6-8-42(37)65/h5-12,24-25,29-31,33,36,38,41,43,46,64-65H,13-23,26-28H2,1-4H3,(H2,53,57)(H,55,66)/t31-,36+,38+,41-,43-,46+/m0/s1. The number of carbonyl (C=O) groups excluding carboxylic acids is 3. The zero-order valence-electron chi connectivity index (χ0n) is 40.7. The van der Waals surface area contributed by atoms with Crippen molar-refractivity contribution < 1.29 is 38.2 Å². The first-order valence-corrected chi connectivity index (χ1v) is 25.6. The lowest BCUT2D eigenvalue weighted by molar-refractivity contribution is -0.141. The number of nitrogens with zero attached hydrogens (tertiary/aromatic N) is 9. The van der Waals surface area contributed by atoms with Crippen LogP contribution in [0.25, 0.3) is 21.7 Å². The van der Waals surface area contributed by atoms with Crippen molar-refractivity contribution in [3.63, 3.8) is 0 Å². The van der Waals surface area contributed by atoms with Gasteiger partial charge in [0.15, 0.2) is 17.4 Å². The highest BCUT2D eigenvalue weighted by Crippen LogP contribution is 2.36. The molecule has 378 valence electrons. The Bertz CT molecular complexity index is 2650. The zero-order valence-corrected chi connectivity index (χ0v) is 41.5. The number of β-amino-alcohol motifs (C(OH)–C–C–N with tert-alkyl or cyclic N) is 1. The van der Waals surface area contributed by atoms with Gasteiger partial charge in [-0.05, 0) is 67.9 Å². The van der Waals surface area contributed by atoms with Gasteiger partial charge in [-0.1, -0.05) is 55.4 Å². The highest BCUT2D eigenvalue weighted by molar-refractivity contribution is 7.13. The maximum absolute atomic E-state index is 15.7. The first-order valence-electron chi connectivity index (χ1n) is 24.7. The Balaban J connectivity index is 0.721. The van der Waals surface area contributed by atoms with Crippen molar-refractivity contribution in [2.24, 2.45) is 11.8 Å². The molecule has 3 amide bonds. The number of aryl methyl sites for hydroxylation is 1. The van der Waals surface area contributed by atoms with E-state index in [9.17, 15) is 24.6 Å². The van der Waals surface area contributed by atoms with Gasteiger partial charge in [-0.15, -0.1) is 21.5 Å². The number of hydrogen-bond donors (Lipinski definition) is 4. The fraction of sp³-hybridized carbons (Fsp3) is 0.510. The number of aliphatic hydroxyl groups excluding tert-OH is 1. The molecule has 0 aliphatic carbocycles. The third kappa shape index (κ3) is 11.1. The third-order valence-electron chi connectivity index (χ3n) is 14.5. The smallest absolute Gasteiger partial charge is 0.410 e. The molecule has 4 aliphatic rings. The summed E-state index contributed by atoms with van der Waals surface area (Å²) >= 11 is 1.58. The fourth-order valence-corrected chi connectivity index (χ4v) is 11.3. The molecule has 20 heteroatoms. The molecule has 71 heavy (non-hydrogen) atoms. The van der Waals surface area contributed by atoms with E-state index in [2.05, 4.69) is 35.5 Å². The first kappa shape index (κ1) is 49.6. The van der Waals surface area contributed by atoms with Crippen LogP contribution >= 0.6 is 11.3 Å². The summed E-state index contributed by atoms with van der Waals surface area (Å²) in [5.41, 5.74) is 12.7. The molecule has 3 aromatic heterocycles. The second kappa shape index (κ2) is 21.5. The summed E-state index contributed by atoms with van der Waals surface area (Å²) in [6.07, 6.45) is -1.23. The Morgan fingerprint density at radius 3 is 2.38 bits per heavy atom. The summed E-state index contributed by atoms with van der Waals surface area (Å²) in [5.74, 6) is 0.234. The minimum Gasteiger partial charge on any atom is -0.507 e. The van der Waals surface area contributed by atoms with Gasteiger partial charge in [0.25, 0.3) is 0 Å². The monoisotopic (exact) mass is 993 g/mol. The number of rotatable bonds is 13. The number of piperidine rings is 2. The molecule has 0 spiro atoms. The maximum atomic E-state index is 15.7. The number of ether oxygens (including phenoxy) is 1. The van der Waals surface area contributed by atoms with E-state index in [0.717, 1.165) is 41.1 Å². The molecule has 0 saturated carbocycles. The molecule has 4 aliphatic heterocycles. The van der Waals surface area contributed by atoms with Crippen molar-refractivity contribution in [3.05, 3.63) is 83.2 Å². The van der Waals surface area contributed by atoms with Crippen molar-refractivity contribution >= 4 is 46.6 Å². The van der Waals surface area contributed by atoms with E-state index in [0.29, 0.717) is 86.7 Å². The number of hydrogen-bond acceptors (Lipinski definition) is 16. The van der Waals surface area contributed by atoms with Crippen LogP contribution in [-0.2, 0) is 14.3 Å². The normalized spacial score (nSPS) is 22.2. The third-order valence-corrected chi connectivity index (χ3v) is 15.5. The molecular formula is C51H64FN11O7S. The number of benzene rings is 2. The average molecular weight is 994 g/mol. The SMILES string of the molecule is Cc1ncsc1-c1ccc([C@H](C)NC(=O)[C@@H]2C[C@@H](O)CN2C(=O)[C@@H](c2cc(N3CCC(CN4CC[C@H](OC(=O)N5CCN(c6cc(-c7ccccc7O)nnc6N)CC5)[C@H](F)C4)CC3)no2)C(C)C)cc1. The molecule has 0 bridgehead atoms. The molecule has 2 aromatic carbocycles. The number of aliphatic hydroxyl groups is 1. The van der Waals surface area contributed by atoms with Crippen LogP contribution in [0.5, 0.6) is 5.75 Å². The Morgan fingerprint density at radius 1 is 0.944 bits per heavy atom. The molecule has 4 fully saturated rings. The number of halogens is 1. The van der Waals surface area contributed by atoms with Gasteiger partial charge in [0.05, 0.1) is 39.6 Å². The summed E-state index contributed by atoms with van der Waals surface area (Å²) in [6, 6.07) is 17.3. The molecule has 5 N–H and O–H groups in total. The first-order chi connectivity index (χ1) is 34.2. The number of nitrogens with two attached hydrogens (primary N) is 1. The number of aromatic hydroxyl groups is 1. The van der Waals surface area contributed by atoms with Crippen LogP contribution in [0.2, 0.25) is 0 Å². The largest absolute Gasteiger partial charge is 0.507 e. The number of nitrogen functional groups attached to an aromatic ring is 1. The molecule has 18 nitrogen and oxygen atoms in total. The Morgan fingerprint density at radius 2 is 1.69 bits per heavy atom. The molecule has 0 unspecified atom stereocenters. The summed E-state index contributed by atoms with van der Waals surface area (Å²) in [6.45, 7) is 12.4. The minimum absolute atomic E-state index is 0.0458. The number of piperazine rings is 1. The van der Waals surface area contributed by atoms with E-state index < -0.39 is 36.4 Å². The highest BCUT2D eigenvalue weighted by atomic mass is 32.1. The van der Waals surface area contributed by atoms with Gasteiger partial charge in [-0.25, -0.2) is 14.2 Å². The van der Waals surface area contributed by atoms with Crippen molar-refractivity contribution in [2.45, 2.75) is 89.8 Å².